The number of carbonyl (C=O) groups is 1. The van der Waals surface area contributed by atoms with Gasteiger partial charge in [-0.15, -0.1) is 0 Å². The van der Waals surface area contributed by atoms with Crippen molar-refractivity contribution in [3.8, 4) is 0 Å². The molecule has 9 heteroatoms. The van der Waals surface area contributed by atoms with E-state index in [9.17, 15) is 9.18 Å². The maximum absolute atomic E-state index is 14.5. The Labute approximate surface area is 149 Å². The van der Waals surface area contributed by atoms with E-state index in [0.717, 1.165) is 5.69 Å². The monoisotopic (exact) mass is 359 g/mol. The zero-order valence-corrected chi connectivity index (χ0v) is 14.0. The van der Waals surface area contributed by atoms with Gasteiger partial charge >= 0.3 is 6.09 Å². The van der Waals surface area contributed by atoms with Crippen molar-refractivity contribution in [3.63, 3.8) is 0 Å². The first-order chi connectivity index (χ1) is 12.7. The Morgan fingerprint density at radius 3 is 3.00 bits per heavy atom. The topological polar surface area (TPSA) is 83.2 Å². The van der Waals surface area contributed by atoms with Gasteiger partial charge in [-0.25, -0.2) is 9.18 Å². The molecule has 1 fully saturated rings. The molecule has 2 aliphatic heterocycles. The summed E-state index contributed by atoms with van der Waals surface area (Å²) in [5, 5.41) is 7.77. The number of hydrogen-bond acceptors (Lipinski definition) is 7. The summed E-state index contributed by atoms with van der Waals surface area (Å²) >= 11 is 0. The summed E-state index contributed by atoms with van der Waals surface area (Å²) in [5.41, 5.74) is 4.53. The predicted molar refractivity (Wildman–Crippen MR) is 92.7 cm³/mol. The van der Waals surface area contributed by atoms with E-state index >= 15 is 0 Å². The molecule has 0 aliphatic carbocycles. The first kappa shape index (κ1) is 16.4. The lowest BCUT2D eigenvalue weighted by molar-refractivity contribution is 0.136. The summed E-state index contributed by atoms with van der Waals surface area (Å²) in [4.78, 5) is 15.3. The van der Waals surface area contributed by atoms with Crippen molar-refractivity contribution in [2.24, 2.45) is 5.10 Å². The number of amides is 1. The van der Waals surface area contributed by atoms with E-state index in [1.54, 1.807) is 29.4 Å². The highest BCUT2D eigenvalue weighted by Crippen LogP contribution is 2.28. The highest BCUT2D eigenvalue weighted by molar-refractivity contribution is 5.90. The summed E-state index contributed by atoms with van der Waals surface area (Å²) in [6.45, 7) is 1.64. The number of nitrogens with one attached hydrogen (secondary N) is 1. The van der Waals surface area contributed by atoms with Crippen molar-refractivity contribution < 1.29 is 18.4 Å². The van der Waals surface area contributed by atoms with Crippen LogP contribution in [0.3, 0.4) is 0 Å². The van der Waals surface area contributed by atoms with E-state index in [-0.39, 0.29) is 6.10 Å². The Kier molecular flexibility index (Phi) is 4.42. The molecule has 1 aromatic heterocycles. The summed E-state index contributed by atoms with van der Waals surface area (Å²) in [6.07, 6.45) is 3.61. The van der Waals surface area contributed by atoms with Gasteiger partial charge in [0.2, 0.25) is 0 Å². The largest absolute Gasteiger partial charge is 0.444 e. The molecule has 0 spiro atoms. The fourth-order valence-electron chi connectivity index (χ4n) is 3.04. The molecular weight excluding hydrogens is 341 g/mol. The van der Waals surface area contributed by atoms with E-state index in [4.69, 9.17) is 9.26 Å². The molecule has 4 rings (SSSR count). The van der Waals surface area contributed by atoms with Crippen LogP contribution in [0.2, 0.25) is 0 Å². The Morgan fingerprint density at radius 2 is 2.27 bits per heavy atom. The summed E-state index contributed by atoms with van der Waals surface area (Å²) in [5.74, 6) is -0.408. The summed E-state index contributed by atoms with van der Waals surface area (Å²) < 4.78 is 24.7. The minimum Gasteiger partial charge on any atom is -0.444 e. The highest BCUT2D eigenvalue weighted by Gasteiger charge is 2.32. The maximum atomic E-state index is 14.5. The fourth-order valence-corrected chi connectivity index (χ4v) is 3.04. The molecule has 3 heterocycles. The van der Waals surface area contributed by atoms with Crippen molar-refractivity contribution in [2.45, 2.75) is 18.9 Å². The standard InChI is InChI=1S/C17H18FN5O3/c18-15-9-13(2-4-16(15)22-7-6-19-20-11-22)23-10-14(26-17(23)24)3-1-12-5-8-25-21-12/h2,4-5,8-9,11,14,19H,1,3,6-7,10H2/t14-/m0/s1. The molecule has 1 aromatic carbocycles. The number of aromatic nitrogens is 1. The van der Waals surface area contributed by atoms with E-state index in [1.165, 1.54) is 17.2 Å². The van der Waals surface area contributed by atoms with E-state index in [0.29, 0.717) is 43.9 Å². The van der Waals surface area contributed by atoms with E-state index in [1.807, 2.05) is 0 Å². The van der Waals surface area contributed by atoms with Gasteiger partial charge in [-0.1, -0.05) is 5.16 Å². The van der Waals surface area contributed by atoms with Crippen LogP contribution in [0.15, 0.2) is 40.2 Å². The average Bonchev–Trinajstić information content (AvgIpc) is 3.30. The van der Waals surface area contributed by atoms with Gasteiger partial charge in [-0.2, -0.15) is 5.10 Å². The van der Waals surface area contributed by atoms with Gasteiger partial charge in [-0.05, 0) is 31.0 Å². The Balaban J connectivity index is 1.43. The number of carbonyl (C=O) groups excluding carboxylic acids is 1. The van der Waals surface area contributed by atoms with Crippen molar-refractivity contribution in [1.29, 1.82) is 0 Å². The molecule has 1 amide bonds. The van der Waals surface area contributed by atoms with Crippen LogP contribution in [0.4, 0.5) is 20.6 Å². The number of hydrazone groups is 1. The maximum Gasteiger partial charge on any atom is 0.414 e. The lowest BCUT2D eigenvalue weighted by Crippen LogP contribution is -2.35. The summed E-state index contributed by atoms with van der Waals surface area (Å²) in [6, 6.07) is 6.50. The van der Waals surface area contributed by atoms with Crippen LogP contribution < -0.4 is 15.2 Å². The second-order valence-electron chi connectivity index (χ2n) is 6.13. The normalized spacial score (nSPS) is 19.6. The van der Waals surface area contributed by atoms with E-state index in [2.05, 4.69) is 15.7 Å². The number of benzene rings is 1. The number of anilines is 2. The Bertz CT molecular complexity index is 811. The third kappa shape index (κ3) is 3.32. The number of cyclic esters (lactones) is 1. The van der Waals surface area contributed by atoms with Gasteiger partial charge in [-0.3, -0.25) is 4.90 Å². The third-order valence-electron chi connectivity index (χ3n) is 4.39. The van der Waals surface area contributed by atoms with Gasteiger partial charge in [0, 0.05) is 12.6 Å². The molecule has 2 aromatic rings. The minimum absolute atomic E-state index is 0.262. The van der Waals surface area contributed by atoms with Crippen molar-refractivity contribution in [2.75, 3.05) is 29.4 Å². The minimum atomic E-state index is -0.467. The predicted octanol–water partition coefficient (Wildman–Crippen LogP) is 2.12. The molecule has 1 saturated heterocycles. The van der Waals surface area contributed by atoms with Crippen LogP contribution in [0.25, 0.3) is 0 Å². The Hall–Kier alpha value is -3.10. The van der Waals surface area contributed by atoms with Crippen molar-refractivity contribution >= 4 is 23.8 Å². The quantitative estimate of drug-likeness (QED) is 0.881. The second kappa shape index (κ2) is 7.03. The first-order valence-electron chi connectivity index (χ1n) is 8.40. The lowest BCUT2D eigenvalue weighted by Gasteiger charge is -2.24. The van der Waals surface area contributed by atoms with Crippen LogP contribution in [0.1, 0.15) is 12.1 Å². The number of rotatable bonds is 5. The fraction of sp³-hybridized carbons (Fsp3) is 0.353. The van der Waals surface area contributed by atoms with Crippen molar-refractivity contribution in [3.05, 3.63) is 42.0 Å². The second-order valence-corrected chi connectivity index (χ2v) is 6.13. The van der Waals surface area contributed by atoms with Gasteiger partial charge in [0.25, 0.3) is 0 Å². The number of halogens is 1. The highest BCUT2D eigenvalue weighted by atomic mass is 19.1. The molecule has 0 saturated carbocycles. The molecule has 1 atom stereocenters. The number of aryl methyl sites for hydroxylation is 1. The molecular formula is C17H18FN5O3. The zero-order chi connectivity index (χ0) is 17.9. The lowest BCUT2D eigenvalue weighted by atomic mass is 10.1. The van der Waals surface area contributed by atoms with Crippen LogP contribution in [0, 0.1) is 5.82 Å². The van der Waals surface area contributed by atoms with Crippen LogP contribution >= 0.6 is 0 Å². The zero-order valence-electron chi connectivity index (χ0n) is 14.0. The SMILES string of the molecule is O=C1O[C@@H](CCc2ccon2)CN1c1ccc(N2C=NNCC2)c(F)c1. The van der Waals surface area contributed by atoms with Gasteiger partial charge < -0.3 is 19.6 Å². The van der Waals surface area contributed by atoms with Crippen LogP contribution in [-0.2, 0) is 11.2 Å². The molecule has 8 nitrogen and oxygen atoms in total. The molecule has 1 N–H and O–H groups in total. The van der Waals surface area contributed by atoms with Crippen LogP contribution in [-0.4, -0.2) is 43.3 Å². The summed E-state index contributed by atoms with van der Waals surface area (Å²) in [7, 11) is 0. The molecule has 0 unspecified atom stereocenters. The van der Waals surface area contributed by atoms with E-state index < -0.39 is 11.9 Å². The van der Waals surface area contributed by atoms with Gasteiger partial charge in [0.05, 0.1) is 30.2 Å². The van der Waals surface area contributed by atoms with Gasteiger partial charge in [0.1, 0.15) is 24.5 Å². The first-order valence-corrected chi connectivity index (χ1v) is 8.40. The molecule has 2 aliphatic rings. The number of hydrogen-bond donors (Lipinski definition) is 1. The smallest absolute Gasteiger partial charge is 0.414 e. The third-order valence-corrected chi connectivity index (χ3v) is 4.39. The van der Waals surface area contributed by atoms with Gasteiger partial charge in [0.15, 0.2) is 0 Å². The molecule has 0 bridgehead atoms. The molecule has 0 radical (unpaired) electrons. The van der Waals surface area contributed by atoms with Crippen molar-refractivity contribution in [1.82, 2.24) is 10.6 Å². The average molecular weight is 359 g/mol. The number of nitrogens with zero attached hydrogens (tertiary/aromatic N) is 4. The molecule has 26 heavy (non-hydrogen) atoms. The van der Waals surface area contributed by atoms with Crippen LogP contribution in [0.5, 0.6) is 0 Å². The Morgan fingerprint density at radius 1 is 1.35 bits per heavy atom. The molecule has 136 valence electrons. The number of ether oxygens (including phenoxy) is 1.